The number of aromatic nitrogens is 2. The zero-order valence-electron chi connectivity index (χ0n) is 17.3. The Hall–Kier alpha value is -3.22. The van der Waals surface area contributed by atoms with Gasteiger partial charge in [0.1, 0.15) is 0 Å². The predicted octanol–water partition coefficient (Wildman–Crippen LogP) is 4.68. The maximum absolute atomic E-state index is 13.8. The SMILES string of the molecule is C=CC(n1cc(C2=CCN(C)C2)c2ccccc21)S(=O)(=O)c1cccc2cccnc12. The first kappa shape index (κ1) is 19.7. The normalized spacial score (nSPS) is 16.0. The van der Waals surface area contributed by atoms with Crippen LogP contribution in [0, 0.1) is 0 Å². The quantitative estimate of drug-likeness (QED) is 0.433. The van der Waals surface area contributed by atoms with Crippen molar-refractivity contribution in [3.8, 4) is 0 Å². The minimum absolute atomic E-state index is 0.217. The van der Waals surface area contributed by atoms with E-state index in [1.54, 1.807) is 18.3 Å². The highest BCUT2D eigenvalue weighted by molar-refractivity contribution is 7.91. The van der Waals surface area contributed by atoms with Crippen LogP contribution in [0.4, 0.5) is 0 Å². The van der Waals surface area contributed by atoms with E-state index in [0.29, 0.717) is 5.52 Å². The van der Waals surface area contributed by atoms with Gasteiger partial charge in [0, 0.05) is 41.8 Å². The summed E-state index contributed by atoms with van der Waals surface area (Å²) in [4.78, 5) is 6.80. The van der Waals surface area contributed by atoms with Crippen LogP contribution in [0.2, 0.25) is 0 Å². The highest BCUT2D eigenvalue weighted by atomic mass is 32.2. The average molecular weight is 430 g/mol. The summed E-state index contributed by atoms with van der Waals surface area (Å²) in [6.45, 7) is 5.62. The number of likely N-dealkylation sites (N-methyl/N-ethyl adjacent to an activating group) is 1. The van der Waals surface area contributed by atoms with Crippen LogP contribution in [0.1, 0.15) is 10.9 Å². The Labute approximate surface area is 181 Å². The molecule has 2 aromatic heterocycles. The number of para-hydroxylation sites is 2. The molecule has 5 rings (SSSR count). The van der Waals surface area contributed by atoms with Crippen LogP contribution >= 0.6 is 0 Å². The van der Waals surface area contributed by atoms with Crippen LogP contribution in [0.5, 0.6) is 0 Å². The molecule has 4 aromatic rings. The van der Waals surface area contributed by atoms with Crippen molar-refractivity contribution in [2.24, 2.45) is 0 Å². The van der Waals surface area contributed by atoms with Gasteiger partial charge in [0.15, 0.2) is 5.37 Å². The number of hydrogen-bond donors (Lipinski definition) is 0. The van der Waals surface area contributed by atoms with Gasteiger partial charge in [-0.2, -0.15) is 0 Å². The number of pyridine rings is 1. The van der Waals surface area contributed by atoms with Gasteiger partial charge >= 0.3 is 0 Å². The molecule has 0 fully saturated rings. The van der Waals surface area contributed by atoms with Gasteiger partial charge in [-0.05, 0) is 30.8 Å². The van der Waals surface area contributed by atoms with Crippen molar-refractivity contribution in [1.82, 2.24) is 14.5 Å². The molecule has 0 amide bonds. The molecule has 5 nitrogen and oxygen atoms in total. The van der Waals surface area contributed by atoms with E-state index in [2.05, 4.69) is 29.6 Å². The summed E-state index contributed by atoms with van der Waals surface area (Å²) in [5.74, 6) is 0. The van der Waals surface area contributed by atoms with Gasteiger partial charge in [-0.15, -0.1) is 0 Å². The molecule has 0 N–H and O–H groups in total. The molecule has 0 saturated heterocycles. The standard InChI is InChI=1S/C25H23N3O2S/c1-3-24(31(29,30)23-12-6-8-18-9-7-14-26-25(18)23)28-17-21(19-13-15-27(2)16-19)20-10-4-5-11-22(20)28/h3-14,17,24H,1,15-16H2,2H3. The van der Waals surface area contributed by atoms with Crippen LogP contribution in [0.15, 0.2) is 90.6 Å². The first-order valence-corrected chi connectivity index (χ1v) is 11.7. The van der Waals surface area contributed by atoms with E-state index in [4.69, 9.17) is 0 Å². The molecule has 1 atom stereocenters. The molecule has 0 bridgehead atoms. The summed E-state index contributed by atoms with van der Waals surface area (Å²) in [5, 5.41) is 0.893. The monoisotopic (exact) mass is 429 g/mol. The molecule has 0 radical (unpaired) electrons. The number of benzene rings is 2. The third kappa shape index (κ3) is 3.19. The molecule has 156 valence electrons. The molecule has 1 aliphatic heterocycles. The van der Waals surface area contributed by atoms with E-state index >= 15 is 0 Å². The molecular weight excluding hydrogens is 406 g/mol. The lowest BCUT2D eigenvalue weighted by Gasteiger charge is -2.18. The highest BCUT2D eigenvalue weighted by Crippen LogP contribution is 2.36. The summed E-state index contributed by atoms with van der Waals surface area (Å²) in [6, 6.07) is 16.9. The molecule has 1 aliphatic rings. The Morgan fingerprint density at radius 2 is 1.90 bits per heavy atom. The molecule has 0 saturated carbocycles. The fourth-order valence-corrected chi connectivity index (χ4v) is 6.07. The Bertz CT molecular complexity index is 1440. The summed E-state index contributed by atoms with van der Waals surface area (Å²) in [5.41, 5.74) is 3.63. The van der Waals surface area contributed by atoms with Gasteiger partial charge < -0.3 is 4.57 Å². The van der Waals surface area contributed by atoms with E-state index < -0.39 is 15.2 Å². The van der Waals surface area contributed by atoms with Crippen LogP contribution < -0.4 is 0 Å². The Balaban J connectivity index is 1.71. The van der Waals surface area contributed by atoms with Gasteiger partial charge in [-0.3, -0.25) is 9.88 Å². The van der Waals surface area contributed by atoms with Crippen LogP contribution in [-0.2, 0) is 9.84 Å². The second kappa shape index (κ2) is 7.48. The number of nitrogens with zero attached hydrogens (tertiary/aromatic N) is 3. The summed E-state index contributed by atoms with van der Waals surface area (Å²) >= 11 is 0. The second-order valence-corrected chi connectivity index (χ2v) is 9.91. The smallest absolute Gasteiger partial charge is 0.205 e. The van der Waals surface area contributed by atoms with Crippen molar-refractivity contribution in [1.29, 1.82) is 0 Å². The first-order valence-electron chi connectivity index (χ1n) is 10.2. The molecule has 6 heteroatoms. The third-order valence-electron chi connectivity index (χ3n) is 5.87. The van der Waals surface area contributed by atoms with E-state index in [0.717, 1.165) is 34.9 Å². The zero-order valence-corrected chi connectivity index (χ0v) is 18.1. The fraction of sp³-hybridized carbons (Fsp3) is 0.160. The fourth-order valence-electron chi connectivity index (χ4n) is 4.38. The van der Waals surface area contributed by atoms with E-state index in [1.807, 2.05) is 53.2 Å². The third-order valence-corrected chi connectivity index (χ3v) is 7.87. The van der Waals surface area contributed by atoms with Crippen molar-refractivity contribution in [3.05, 3.63) is 91.3 Å². The van der Waals surface area contributed by atoms with E-state index in [-0.39, 0.29) is 4.90 Å². The molecule has 31 heavy (non-hydrogen) atoms. The second-order valence-electron chi connectivity index (χ2n) is 7.90. The topological polar surface area (TPSA) is 55.2 Å². The van der Waals surface area contributed by atoms with Crippen LogP contribution in [0.3, 0.4) is 0 Å². The summed E-state index contributed by atoms with van der Waals surface area (Å²) < 4.78 is 29.5. The molecule has 0 aliphatic carbocycles. The van der Waals surface area contributed by atoms with Crippen molar-refractivity contribution in [2.45, 2.75) is 10.3 Å². The van der Waals surface area contributed by atoms with Gasteiger partial charge in [0.2, 0.25) is 9.84 Å². The minimum Gasteiger partial charge on any atom is -0.326 e. The highest BCUT2D eigenvalue weighted by Gasteiger charge is 2.30. The largest absolute Gasteiger partial charge is 0.326 e. The van der Waals surface area contributed by atoms with Gasteiger partial charge in [0.25, 0.3) is 0 Å². The number of sulfone groups is 1. The Morgan fingerprint density at radius 3 is 2.68 bits per heavy atom. The van der Waals surface area contributed by atoms with Crippen LogP contribution in [0.25, 0.3) is 27.4 Å². The van der Waals surface area contributed by atoms with Crippen LogP contribution in [-0.4, -0.2) is 43.0 Å². The molecule has 2 aromatic carbocycles. The number of rotatable bonds is 5. The van der Waals surface area contributed by atoms with Gasteiger partial charge in [0.05, 0.1) is 15.9 Å². The lowest BCUT2D eigenvalue weighted by molar-refractivity contribution is 0.439. The maximum Gasteiger partial charge on any atom is 0.205 e. The zero-order chi connectivity index (χ0) is 21.6. The van der Waals surface area contributed by atoms with Crippen molar-refractivity contribution in [3.63, 3.8) is 0 Å². The average Bonchev–Trinajstić information content (AvgIpc) is 3.37. The lowest BCUT2D eigenvalue weighted by Crippen LogP contribution is -2.18. The first-order chi connectivity index (χ1) is 15.0. The number of fused-ring (bicyclic) bond motifs is 2. The van der Waals surface area contributed by atoms with E-state index in [1.165, 1.54) is 11.6 Å². The van der Waals surface area contributed by atoms with Gasteiger partial charge in [-0.25, -0.2) is 8.42 Å². The Kier molecular flexibility index (Phi) is 4.76. The van der Waals surface area contributed by atoms with Crippen molar-refractivity contribution in [2.75, 3.05) is 20.1 Å². The van der Waals surface area contributed by atoms with Crippen molar-refractivity contribution >= 4 is 37.2 Å². The molecular formula is C25H23N3O2S. The maximum atomic E-state index is 13.8. The minimum atomic E-state index is -3.79. The summed E-state index contributed by atoms with van der Waals surface area (Å²) in [7, 11) is -1.71. The van der Waals surface area contributed by atoms with E-state index in [9.17, 15) is 8.42 Å². The predicted molar refractivity (Wildman–Crippen MR) is 126 cm³/mol. The molecule has 1 unspecified atom stereocenters. The lowest BCUT2D eigenvalue weighted by atomic mass is 10.1. The number of hydrogen-bond acceptors (Lipinski definition) is 4. The molecule has 0 spiro atoms. The van der Waals surface area contributed by atoms with Crippen molar-refractivity contribution < 1.29 is 8.42 Å². The van der Waals surface area contributed by atoms with Gasteiger partial charge in [-0.1, -0.05) is 55.1 Å². The summed E-state index contributed by atoms with van der Waals surface area (Å²) in [6.07, 6.45) is 7.29. The Morgan fingerprint density at radius 1 is 1.10 bits per heavy atom. The molecule has 3 heterocycles.